The number of amides is 2. The minimum atomic E-state index is -2.15. The Balaban J connectivity index is 1.69. The Morgan fingerprint density at radius 2 is 1.60 bits per heavy atom. The molecular formula is C34H47N3O4Si. The lowest BCUT2D eigenvalue weighted by Crippen LogP contribution is -2.47. The van der Waals surface area contributed by atoms with Gasteiger partial charge in [-0.15, -0.1) is 0 Å². The molecule has 0 saturated heterocycles. The average molecular weight is 590 g/mol. The van der Waals surface area contributed by atoms with Crippen LogP contribution in [0.5, 0.6) is 5.75 Å². The van der Waals surface area contributed by atoms with Crippen molar-refractivity contribution < 1.29 is 19.1 Å². The molecule has 8 heteroatoms. The zero-order chi connectivity index (χ0) is 31.0. The van der Waals surface area contributed by atoms with Crippen LogP contribution in [0.1, 0.15) is 63.0 Å². The van der Waals surface area contributed by atoms with E-state index in [2.05, 4.69) is 75.8 Å². The van der Waals surface area contributed by atoms with Crippen LogP contribution >= 0.6 is 0 Å². The molecule has 0 fully saturated rings. The molecule has 0 aromatic heterocycles. The maximum Gasteiger partial charge on any atom is 0.224 e. The molecule has 0 saturated carbocycles. The Morgan fingerprint density at radius 3 is 2.26 bits per heavy atom. The highest BCUT2D eigenvalue weighted by molar-refractivity contribution is 6.74. The third-order valence-electron chi connectivity index (χ3n) is 7.95. The van der Waals surface area contributed by atoms with Crippen LogP contribution in [0.2, 0.25) is 18.1 Å². The highest BCUT2D eigenvalue weighted by Gasteiger charge is 2.39. The highest BCUT2D eigenvalue weighted by atomic mass is 28.4. The summed E-state index contributed by atoms with van der Waals surface area (Å²) in [5.41, 5.74) is 4.16. The van der Waals surface area contributed by atoms with Crippen LogP contribution < -0.4 is 16.0 Å². The molecule has 0 aliphatic carbocycles. The van der Waals surface area contributed by atoms with Crippen molar-refractivity contribution in [3.8, 4) is 5.75 Å². The van der Waals surface area contributed by atoms with Crippen molar-refractivity contribution in [1.29, 1.82) is 0 Å². The molecule has 4 N–H and O–H groups in total. The van der Waals surface area contributed by atoms with Gasteiger partial charge in [0.2, 0.25) is 12.3 Å². The lowest BCUT2D eigenvalue weighted by Gasteiger charge is -2.40. The smallest absolute Gasteiger partial charge is 0.224 e. The number of phenolic OH excluding ortho intramolecular Hbond substituents is 1. The van der Waals surface area contributed by atoms with Crippen LogP contribution in [-0.2, 0) is 33.4 Å². The first-order valence-electron chi connectivity index (χ1n) is 14.5. The predicted molar refractivity (Wildman–Crippen MR) is 173 cm³/mol. The van der Waals surface area contributed by atoms with E-state index in [0.29, 0.717) is 31.6 Å². The topological polar surface area (TPSA) is 99.7 Å². The standard InChI is InChI=1S/C34H47N3O4Si/c1-33(2,3)42(6,7)41-31(28-16-17-30(39)29(20-28)36-24-38)23-37-34(4,5)21-27-15-11-14-26(18-27)19-32(40)35-22-25-12-9-8-10-13-25/h8-18,20,24,31,37,39H,19,21-23H2,1-7H3,(H,35,40)(H,36,38)/t31-/m0/s1. The Kier molecular flexibility index (Phi) is 11.1. The summed E-state index contributed by atoms with van der Waals surface area (Å²) in [4.78, 5) is 23.7. The van der Waals surface area contributed by atoms with Crippen molar-refractivity contribution in [3.05, 3.63) is 95.1 Å². The largest absolute Gasteiger partial charge is 0.506 e. The Morgan fingerprint density at radius 1 is 0.929 bits per heavy atom. The Bertz CT molecular complexity index is 1340. The average Bonchev–Trinajstić information content (AvgIpc) is 2.91. The van der Waals surface area contributed by atoms with Crippen molar-refractivity contribution in [2.45, 2.75) is 83.8 Å². The summed E-state index contributed by atoms with van der Waals surface area (Å²) in [5.74, 6) is 0.00943. The monoisotopic (exact) mass is 589 g/mol. The summed E-state index contributed by atoms with van der Waals surface area (Å²) in [5, 5.41) is 19.5. The molecule has 3 rings (SSSR count). The van der Waals surface area contributed by atoms with Gasteiger partial charge in [-0.3, -0.25) is 9.59 Å². The van der Waals surface area contributed by atoms with Crippen molar-refractivity contribution >= 4 is 26.3 Å². The van der Waals surface area contributed by atoms with E-state index in [4.69, 9.17) is 4.43 Å². The van der Waals surface area contributed by atoms with E-state index in [1.165, 1.54) is 0 Å². The number of carbonyl (C=O) groups excluding carboxylic acids is 2. The first-order valence-corrected chi connectivity index (χ1v) is 17.4. The van der Waals surface area contributed by atoms with E-state index in [0.717, 1.165) is 28.7 Å². The number of phenols is 1. The van der Waals surface area contributed by atoms with Gasteiger partial charge in [0.05, 0.1) is 18.2 Å². The first kappa shape index (κ1) is 33.0. The summed E-state index contributed by atoms with van der Waals surface area (Å²) < 4.78 is 6.86. The molecule has 3 aromatic carbocycles. The number of hydrogen-bond acceptors (Lipinski definition) is 5. The minimum Gasteiger partial charge on any atom is -0.506 e. The predicted octanol–water partition coefficient (Wildman–Crippen LogP) is 6.49. The molecule has 226 valence electrons. The number of benzene rings is 3. The number of anilines is 1. The van der Waals surface area contributed by atoms with Gasteiger partial charge in [0.25, 0.3) is 0 Å². The second-order valence-electron chi connectivity index (χ2n) is 13.1. The van der Waals surface area contributed by atoms with Gasteiger partial charge in [-0.05, 0) is 72.8 Å². The molecule has 0 aliphatic heterocycles. The fourth-order valence-electron chi connectivity index (χ4n) is 4.53. The zero-order valence-corrected chi connectivity index (χ0v) is 27.1. The summed E-state index contributed by atoms with van der Waals surface area (Å²) in [6.07, 6.45) is 1.37. The third-order valence-corrected chi connectivity index (χ3v) is 12.4. The van der Waals surface area contributed by atoms with Crippen LogP contribution in [0.15, 0.2) is 72.8 Å². The van der Waals surface area contributed by atoms with Gasteiger partial charge in [0.15, 0.2) is 8.32 Å². The zero-order valence-electron chi connectivity index (χ0n) is 26.1. The highest BCUT2D eigenvalue weighted by Crippen LogP contribution is 2.40. The van der Waals surface area contributed by atoms with Gasteiger partial charge in [0.1, 0.15) is 5.75 Å². The number of hydrogen-bond donors (Lipinski definition) is 4. The van der Waals surface area contributed by atoms with E-state index < -0.39 is 8.32 Å². The van der Waals surface area contributed by atoms with Crippen LogP contribution in [0.25, 0.3) is 0 Å². The molecule has 2 amide bonds. The van der Waals surface area contributed by atoms with E-state index in [-0.39, 0.29) is 28.3 Å². The van der Waals surface area contributed by atoms with Crippen molar-refractivity contribution in [2.24, 2.45) is 0 Å². The van der Waals surface area contributed by atoms with Gasteiger partial charge in [0, 0.05) is 18.6 Å². The minimum absolute atomic E-state index is 0.00338. The number of carbonyl (C=O) groups is 2. The van der Waals surface area contributed by atoms with Gasteiger partial charge in [-0.25, -0.2) is 0 Å². The van der Waals surface area contributed by atoms with Crippen LogP contribution in [-0.4, -0.2) is 37.8 Å². The second-order valence-corrected chi connectivity index (χ2v) is 17.9. The normalized spacial score (nSPS) is 12.9. The molecule has 1 atom stereocenters. The fraction of sp³-hybridized carbons (Fsp3) is 0.412. The molecule has 7 nitrogen and oxygen atoms in total. The summed E-state index contributed by atoms with van der Waals surface area (Å²) >= 11 is 0. The third kappa shape index (κ3) is 9.82. The van der Waals surface area contributed by atoms with Gasteiger partial charge in [-0.1, -0.05) is 81.4 Å². The molecule has 0 aliphatic rings. The van der Waals surface area contributed by atoms with Crippen LogP contribution in [0.3, 0.4) is 0 Å². The number of nitrogens with one attached hydrogen (secondary N) is 3. The number of aromatic hydroxyl groups is 1. The Labute approximate surface area is 252 Å². The summed E-state index contributed by atoms with van der Waals surface area (Å²) in [7, 11) is -2.15. The lowest BCUT2D eigenvalue weighted by atomic mass is 9.93. The molecule has 0 spiro atoms. The molecule has 0 bridgehead atoms. The lowest BCUT2D eigenvalue weighted by molar-refractivity contribution is -0.120. The van der Waals surface area contributed by atoms with Crippen molar-refractivity contribution in [3.63, 3.8) is 0 Å². The van der Waals surface area contributed by atoms with E-state index in [1.54, 1.807) is 12.1 Å². The van der Waals surface area contributed by atoms with Crippen LogP contribution in [0.4, 0.5) is 5.69 Å². The molecule has 0 radical (unpaired) electrons. The fourth-order valence-corrected chi connectivity index (χ4v) is 5.81. The quantitative estimate of drug-likeness (QED) is 0.0978. The maximum atomic E-state index is 12.6. The molecular weight excluding hydrogens is 542 g/mol. The molecule has 3 aromatic rings. The van der Waals surface area contributed by atoms with Crippen molar-refractivity contribution in [1.82, 2.24) is 10.6 Å². The molecule has 0 heterocycles. The molecule has 42 heavy (non-hydrogen) atoms. The van der Waals surface area contributed by atoms with E-state index in [9.17, 15) is 14.7 Å². The SMILES string of the molecule is CC(C)(Cc1cccc(CC(=O)NCc2ccccc2)c1)NC[C@H](O[Si](C)(C)C(C)(C)C)c1ccc(O)c(NC=O)c1. The summed E-state index contributed by atoms with van der Waals surface area (Å²) in [6, 6.07) is 23.3. The first-order chi connectivity index (χ1) is 19.7. The number of rotatable bonds is 14. The van der Waals surface area contributed by atoms with E-state index in [1.807, 2.05) is 48.5 Å². The van der Waals surface area contributed by atoms with E-state index >= 15 is 0 Å². The Hall–Kier alpha value is -3.46. The van der Waals surface area contributed by atoms with Crippen molar-refractivity contribution in [2.75, 3.05) is 11.9 Å². The van der Waals surface area contributed by atoms with Gasteiger partial charge >= 0.3 is 0 Å². The van der Waals surface area contributed by atoms with Gasteiger partial charge in [-0.2, -0.15) is 0 Å². The summed E-state index contributed by atoms with van der Waals surface area (Å²) in [6.45, 7) is 16.4. The second kappa shape index (κ2) is 14.1. The van der Waals surface area contributed by atoms with Crippen LogP contribution in [0, 0.1) is 0 Å². The maximum absolute atomic E-state index is 12.6. The van der Waals surface area contributed by atoms with Gasteiger partial charge < -0.3 is 25.5 Å². The molecule has 0 unspecified atom stereocenters.